The Kier molecular flexibility index (Phi) is 5.09. The van der Waals surface area contributed by atoms with Crippen molar-refractivity contribution >= 4 is 11.8 Å². The fourth-order valence-corrected chi connectivity index (χ4v) is 3.50. The van der Waals surface area contributed by atoms with Crippen LogP contribution in [0.2, 0.25) is 0 Å². The molecular formula is C21H19F3O3. The molecule has 3 rings (SSSR count). The smallest absolute Gasteiger partial charge is 0.416 e. The molecule has 1 aliphatic rings. The Morgan fingerprint density at radius 1 is 1.11 bits per heavy atom. The molecular weight excluding hydrogens is 357 g/mol. The standard InChI is InChI=1S/C21H19F3O3/c1-3-6-17(25)27-20-16-8-5-4-7-15(16)19(26)18(20)14-10-9-13(11-12(14)2)21(22,23)24/h4-5,7-11,18,20H,3,6H2,1-2H3. The molecule has 2 atom stereocenters. The number of benzene rings is 2. The highest BCUT2D eigenvalue weighted by atomic mass is 19.4. The van der Waals surface area contributed by atoms with E-state index >= 15 is 0 Å². The van der Waals surface area contributed by atoms with Crippen LogP contribution in [0.5, 0.6) is 0 Å². The van der Waals surface area contributed by atoms with Crippen LogP contribution in [-0.2, 0) is 15.7 Å². The van der Waals surface area contributed by atoms with Crippen molar-refractivity contribution in [1.29, 1.82) is 0 Å². The summed E-state index contributed by atoms with van der Waals surface area (Å²) in [4.78, 5) is 25.0. The molecule has 1 aliphatic carbocycles. The second-order valence-corrected chi connectivity index (χ2v) is 6.66. The van der Waals surface area contributed by atoms with Crippen LogP contribution in [0.15, 0.2) is 42.5 Å². The number of halogens is 3. The highest BCUT2D eigenvalue weighted by Gasteiger charge is 2.44. The molecule has 0 saturated carbocycles. The number of aryl methyl sites for hydroxylation is 1. The van der Waals surface area contributed by atoms with Gasteiger partial charge >= 0.3 is 12.1 Å². The van der Waals surface area contributed by atoms with Gasteiger partial charge in [0, 0.05) is 17.5 Å². The van der Waals surface area contributed by atoms with Crippen molar-refractivity contribution in [2.75, 3.05) is 0 Å². The zero-order valence-corrected chi connectivity index (χ0v) is 15.0. The minimum atomic E-state index is -4.46. The average Bonchev–Trinajstić information content (AvgIpc) is 2.87. The van der Waals surface area contributed by atoms with E-state index in [9.17, 15) is 22.8 Å². The minimum Gasteiger partial charge on any atom is -0.456 e. The van der Waals surface area contributed by atoms with Crippen LogP contribution in [0.1, 0.15) is 64.4 Å². The lowest BCUT2D eigenvalue weighted by atomic mass is 9.88. The number of ether oxygens (including phenoxy) is 1. The summed E-state index contributed by atoms with van der Waals surface area (Å²) in [5, 5.41) is 0. The molecule has 0 bridgehead atoms. The van der Waals surface area contributed by atoms with Gasteiger partial charge in [0.05, 0.1) is 11.5 Å². The number of hydrogen-bond donors (Lipinski definition) is 0. The molecule has 0 saturated heterocycles. The van der Waals surface area contributed by atoms with Gasteiger partial charge in [0.2, 0.25) is 0 Å². The van der Waals surface area contributed by atoms with Gasteiger partial charge in [-0.15, -0.1) is 0 Å². The summed E-state index contributed by atoms with van der Waals surface area (Å²) < 4.78 is 44.5. The molecule has 27 heavy (non-hydrogen) atoms. The van der Waals surface area contributed by atoms with Crippen molar-refractivity contribution in [1.82, 2.24) is 0 Å². The van der Waals surface area contributed by atoms with E-state index in [0.717, 1.165) is 12.1 Å². The molecule has 0 fully saturated rings. The van der Waals surface area contributed by atoms with Gasteiger partial charge in [0.1, 0.15) is 6.10 Å². The first-order valence-corrected chi connectivity index (χ1v) is 8.74. The number of ketones is 1. The van der Waals surface area contributed by atoms with Gasteiger partial charge in [-0.1, -0.05) is 37.3 Å². The van der Waals surface area contributed by atoms with Gasteiger partial charge in [-0.25, -0.2) is 0 Å². The maximum absolute atomic E-state index is 13.0. The lowest BCUT2D eigenvalue weighted by molar-refractivity contribution is -0.149. The van der Waals surface area contributed by atoms with Crippen molar-refractivity contribution in [3.8, 4) is 0 Å². The molecule has 2 aromatic carbocycles. The van der Waals surface area contributed by atoms with Crippen molar-refractivity contribution in [2.45, 2.75) is 44.9 Å². The number of carbonyl (C=O) groups is 2. The monoisotopic (exact) mass is 376 g/mol. The van der Waals surface area contributed by atoms with E-state index in [1.165, 1.54) is 13.0 Å². The van der Waals surface area contributed by atoms with Crippen molar-refractivity contribution in [3.05, 3.63) is 70.3 Å². The zero-order chi connectivity index (χ0) is 19.8. The van der Waals surface area contributed by atoms with Crippen LogP contribution in [0.3, 0.4) is 0 Å². The molecule has 3 nitrogen and oxygen atoms in total. The van der Waals surface area contributed by atoms with E-state index in [1.807, 2.05) is 6.92 Å². The summed E-state index contributed by atoms with van der Waals surface area (Å²) >= 11 is 0. The van der Waals surface area contributed by atoms with Crippen LogP contribution in [-0.4, -0.2) is 11.8 Å². The second kappa shape index (κ2) is 7.18. The van der Waals surface area contributed by atoms with Crippen LogP contribution in [0, 0.1) is 6.92 Å². The Balaban J connectivity index is 2.05. The van der Waals surface area contributed by atoms with Gasteiger partial charge in [-0.3, -0.25) is 9.59 Å². The summed E-state index contributed by atoms with van der Waals surface area (Å²) in [5.74, 6) is -1.52. The molecule has 0 aliphatic heterocycles. The van der Waals surface area contributed by atoms with Crippen molar-refractivity contribution < 1.29 is 27.5 Å². The van der Waals surface area contributed by atoms with Crippen LogP contribution < -0.4 is 0 Å². The SMILES string of the molecule is CCCC(=O)OC1c2ccccc2C(=O)C1c1ccc(C(F)(F)F)cc1C. The second-order valence-electron chi connectivity index (χ2n) is 6.66. The number of alkyl halides is 3. The van der Waals surface area contributed by atoms with E-state index < -0.39 is 29.7 Å². The molecule has 0 heterocycles. The van der Waals surface area contributed by atoms with Crippen LogP contribution in [0.25, 0.3) is 0 Å². The Hall–Kier alpha value is -2.63. The quantitative estimate of drug-likeness (QED) is 0.673. The van der Waals surface area contributed by atoms with Gasteiger partial charge < -0.3 is 4.74 Å². The third-order valence-electron chi connectivity index (χ3n) is 4.76. The maximum atomic E-state index is 13.0. The van der Waals surface area contributed by atoms with Gasteiger partial charge in [-0.05, 0) is 36.6 Å². The lowest BCUT2D eigenvalue weighted by Crippen LogP contribution is -2.19. The number of carbonyl (C=O) groups excluding carboxylic acids is 2. The number of fused-ring (bicyclic) bond motifs is 1. The summed E-state index contributed by atoms with van der Waals surface area (Å²) in [5.41, 5.74) is 1.05. The first kappa shape index (κ1) is 19.1. The van der Waals surface area contributed by atoms with E-state index in [1.54, 1.807) is 24.3 Å². The predicted molar refractivity (Wildman–Crippen MR) is 93.4 cm³/mol. The molecule has 0 N–H and O–H groups in total. The number of Topliss-reactive ketones (excluding diaryl/α,β-unsaturated/α-hetero) is 1. The lowest BCUT2D eigenvalue weighted by Gasteiger charge is -2.22. The summed E-state index contributed by atoms with van der Waals surface area (Å²) in [6.45, 7) is 3.37. The number of rotatable bonds is 4. The van der Waals surface area contributed by atoms with Crippen LogP contribution in [0.4, 0.5) is 13.2 Å². The largest absolute Gasteiger partial charge is 0.456 e. The molecule has 2 unspecified atom stereocenters. The van der Waals surface area contributed by atoms with Gasteiger partial charge in [0.25, 0.3) is 0 Å². The van der Waals surface area contributed by atoms with Crippen molar-refractivity contribution in [2.24, 2.45) is 0 Å². The average molecular weight is 376 g/mol. The van der Waals surface area contributed by atoms with Gasteiger partial charge in [-0.2, -0.15) is 13.2 Å². The van der Waals surface area contributed by atoms with Crippen LogP contribution >= 0.6 is 0 Å². The fourth-order valence-electron chi connectivity index (χ4n) is 3.50. The number of hydrogen-bond acceptors (Lipinski definition) is 3. The summed E-state index contributed by atoms with van der Waals surface area (Å²) in [6, 6.07) is 10.1. The molecule has 6 heteroatoms. The summed E-state index contributed by atoms with van der Waals surface area (Å²) in [6.07, 6.45) is -4.47. The molecule has 0 aromatic heterocycles. The number of esters is 1. The molecule has 2 aromatic rings. The molecule has 0 amide bonds. The predicted octanol–water partition coefficient (Wildman–Crippen LogP) is 5.38. The van der Waals surface area contributed by atoms with Gasteiger partial charge in [0.15, 0.2) is 5.78 Å². The normalized spacial score (nSPS) is 19.1. The Morgan fingerprint density at radius 3 is 2.44 bits per heavy atom. The third kappa shape index (κ3) is 3.61. The topological polar surface area (TPSA) is 43.4 Å². The summed E-state index contributed by atoms with van der Waals surface area (Å²) in [7, 11) is 0. The maximum Gasteiger partial charge on any atom is 0.416 e. The Morgan fingerprint density at radius 2 is 1.81 bits per heavy atom. The third-order valence-corrected chi connectivity index (χ3v) is 4.76. The Labute approximate surface area is 155 Å². The highest BCUT2D eigenvalue weighted by Crippen LogP contribution is 2.46. The first-order valence-electron chi connectivity index (χ1n) is 8.74. The highest BCUT2D eigenvalue weighted by molar-refractivity contribution is 6.06. The molecule has 142 valence electrons. The van der Waals surface area contributed by atoms with E-state index in [-0.39, 0.29) is 12.2 Å². The molecule has 0 radical (unpaired) electrons. The Bertz CT molecular complexity index is 886. The van der Waals surface area contributed by atoms with Crippen molar-refractivity contribution in [3.63, 3.8) is 0 Å². The first-order chi connectivity index (χ1) is 12.7. The molecule has 0 spiro atoms. The zero-order valence-electron chi connectivity index (χ0n) is 15.0. The van der Waals surface area contributed by atoms with E-state index in [4.69, 9.17) is 4.74 Å². The van der Waals surface area contributed by atoms with E-state index in [0.29, 0.717) is 28.7 Å². The fraction of sp³-hybridized carbons (Fsp3) is 0.333. The minimum absolute atomic E-state index is 0.214. The van der Waals surface area contributed by atoms with E-state index in [2.05, 4.69) is 0 Å².